The van der Waals surface area contributed by atoms with Crippen molar-refractivity contribution in [2.24, 2.45) is 0 Å². The highest BCUT2D eigenvalue weighted by Crippen LogP contribution is 2.29. The minimum absolute atomic E-state index is 0.0266. The normalized spacial score (nSPS) is 22.7. The summed E-state index contributed by atoms with van der Waals surface area (Å²) < 4.78 is 5.11. The smallest absolute Gasteiger partial charge is 0.323 e. The third kappa shape index (κ3) is 5.03. The molecular formula is C26H33N3O3. The molecule has 0 unspecified atom stereocenters. The van der Waals surface area contributed by atoms with E-state index in [4.69, 9.17) is 4.74 Å². The fourth-order valence-corrected chi connectivity index (χ4v) is 5.13. The number of amides is 1. The van der Waals surface area contributed by atoms with Crippen LogP contribution >= 0.6 is 0 Å². The molecule has 0 bridgehead atoms. The van der Waals surface area contributed by atoms with E-state index in [1.165, 1.54) is 7.11 Å². The predicted molar refractivity (Wildman–Crippen MR) is 124 cm³/mol. The summed E-state index contributed by atoms with van der Waals surface area (Å²) in [5.74, 6) is -0.615. The number of ether oxygens (including phenoxy) is 1. The minimum atomic E-state index is -0.383. The van der Waals surface area contributed by atoms with Gasteiger partial charge in [0.2, 0.25) is 5.91 Å². The largest absolute Gasteiger partial charge is 0.468 e. The lowest BCUT2D eigenvalue weighted by atomic mass is 9.90. The highest BCUT2D eigenvalue weighted by Gasteiger charge is 2.42. The molecule has 6 nitrogen and oxygen atoms in total. The van der Waals surface area contributed by atoms with E-state index in [0.29, 0.717) is 19.0 Å². The summed E-state index contributed by atoms with van der Waals surface area (Å²) in [6.07, 6.45) is 2.64. The number of carbonyl (C=O) groups excluding carboxylic acids is 2. The molecule has 2 aromatic carbocycles. The van der Waals surface area contributed by atoms with Crippen molar-refractivity contribution >= 4 is 11.9 Å². The van der Waals surface area contributed by atoms with Crippen LogP contribution in [0.1, 0.15) is 36.3 Å². The number of rotatable bonds is 6. The number of benzene rings is 2. The first-order valence-electron chi connectivity index (χ1n) is 11.5. The zero-order chi connectivity index (χ0) is 22.5. The van der Waals surface area contributed by atoms with Gasteiger partial charge >= 0.3 is 5.97 Å². The van der Waals surface area contributed by atoms with Gasteiger partial charge in [0.1, 0.15) is 6.04 Å². The van der Waals surface area contributed by atoms with Crippen LogP contribution in [0.4, 0.5) is 0 Å². The Balaban J connectivity index is 1.51. The lowest BCUT2D eigenvalue weighted by Crippen LogP contribution is -2.49. The number of hydrogen-bond acceptors (Lipinski definition) is 5. The van der Waals surface area contributed by atoms with Crippen LogP contribution < -0.4 is 5.32 Å². The quantitative estimate of drug-likeness (QED) is 0.707. The molecule has 0 aromatic heterocycles. The van der Waals surface area contributed by atoms with Gasteiger partial charge in [-0.2, -0.15) is 0 Å². The molecule has 0 radical (unpaired) electrons. The average Bonchev–Trinajstić information content (AvgIpc) is 3.24. The second-order valence-corrected chi connectivity index (χ2v) is 8.97. The topological polar surface area (TPSA) is 61.9 Å². The number of piperidine rings is 1. The van der Waals surface area contributed by atoms with Crippen LogP contribution in [0, 0.1) is 0 Å². The molecular weight excluding hydrogens is 402 g/mol. The number of nitrogens with zero attached hydrogens (tertiary/aromatic N) is 2. The van der Waals surface area contributed by atoms with E-state index in [0.717, 1.165) is 37.1 Å². The van der Waals surface area contributed by atoms with Crippen LogP contribution in [0.25, 0.3) is 0 Å². The molecule has 0 saturated carbocycles. The zero-order valence-corrected chi connectivity index (χ0v) is 18.9. The molecule has 170 valence electrons. The molecule has 0 spiro atoms. The summed E-state index contributed by atoms with van der Waals surface area (Å²) >= 11 is 0. The Hall–Kier alpha value is -2.70. The summed E-state index contributed by atoms with van der Waals surface area (Å²) in [6.45, 7) is 2.72. The lowest BCUT2D eigenvalue weighted by molar-refractivity contribution is -0.147. The number of carbonyl (C=O) groups is 2. The Labute approximate surface area is 190 Å². The Kier molecular flexibility index (Phi) is 7.22. The van der Waals surface area contributed by atoms with Crippen LogP contribution in [-0.2, 0) is 14.3 Å². The van der Waals surface area contributed by atoms with E-state index in [2.05, 4.69) is 22.2 Å². The van der Waals surface area contributed by atoms with Gasteiger partial charge in [-0.1, -0.05) is 60.7 Å². The predicted octanol–water partition coefficient (Wildman–Crippen LogP) is 2.64. The first kappa shape index (κ1) is 22.5. The van der Waals surface area contributed by atoms with Crippen molar-refractivity contribution in [1.82, 2.24) is 15.1 Å². The first-order valence-corrected chi connectivity index (χ1v) is 11.5. The average molecular weight is 436 g/mol. The molecule has 2 atom stereocenters. The van der Waals surface area contributed by atoms with Gasteiger partial charge < -0.3 is 15.0 Å². The second-order valence-electron chi connectivity index (χ2n) is 8.97. The lowest BCUT2D eigenvalue weighted by Gasteiger charge is -2.37. The summed E-state index contributed by atoms with van der Waals surface area (Å²) in [5.41, 5.74) is 1.93. The third-order valence-corrected chi connectivity index (χ3v) is 6.84. The van der Waals surface area contributed by atoms with Crippen LogP contribution in [0.3, 0.4) is 0 Å². The minimum Gasteiger partial charge on any atom is -0.468 e. The highest BCUT2D eigenvalue weighted by atomic mass is 16.5. The summed E-state index contributed by atoms with van der Waals surface area (Å²) in [4.78, 5) is 30.7. The molecule has 2 heterocycles. The molecule has 1 amide bonds. The van der Waals surface area contributed by atoms with E-state index >= 15 is 0 Å². The van der Waals surface area contributed by atoms with E-state index < -0.39 is 0 Å². The van der Waals surface area contributed by atoms with Gasteiger partial charge in [-0.25, -0.2) is 0 Å². The fourth-order valence-electron chi connectivity index (χ4n) is 5.13. The molecule has 2 aliphatic rings. The Morgan fingerprint density at radius 2 is 1.53 bits per heavy atom. The van der Waals surface area contributed by atoms with Crippen molar-refractivity contribution in [1.29, 1.82) is 0 Å². The number of nitrogens with one attached hydrogen (secondary N) is 1. The maximum Gasteiger partial charge on any atom is 0.323 e. The Morgan fingerprint density at radius 3 is 2.06 bits per heavy atom. The van der Waals surface area contributed by atoms with E-state index in [1.807, 2.05) is 60.7 Å². The van der Waals surface area contributed by atoms with Crippen molar-refractivity contribution in [3.05, 3.63) is 71.8 Å². The second kappa shape index (κ2) is 10.3. The maximum absolute atomic E-state index is 13.5. The van der Waals surface area contributed by atoms with Gasteiger partial charge in [-0.05, 0) is 50.5 Å². The van der Waals surface area contributed by atoms with Crippen LogP contribution in [0.2, 0.25) is 0 Å². The number of likely N-dealkylation sites (tertiary alicyclic amines) is 2. The molecule has 2 aliphatic heterocycles. The van der Waals surface area contributed by atoms with Gasteiger partial charge in [0.25, 0.3) is 0 Å². The summed E-state index contributed by atoms with van der Waals surface area (Å²) in [6, 6.07) is 19.7. The summed E-state index contributed by atoms with van der Waals surface area (Å²) in [7, 11) is 3.58. The summed E-state index contributed by atoms with van der Waals surface area (Å²) in [5, 5.41) is 3.26. The van der Waals surface area contributed by atoms with Gasteiger partial charge in [0.05, 0.1) is 13.0 Å². The standard InChI is InChI=1S/C26H33N3O3/c1-28-15-13-22(14-16-28)29-18-21(17-23(29)26(31)32-2)27-25(30)24(19-9-5-3-6-10-19)20-11-7-4-8-12-20/h3-12,21-24H,13-18H2,1-2H3,(H,27,30)/t21-,23-/m0/s1. The Morgan fingerprint density at radius 1 is 0.969 bits per heavy atom. The van der Waals surface area contributed by atoms with E-state index in [1.54, 1.807) is 0 Å². The van der Waals surface area contributed by atoms with Crippen LogP contribution in [-0.4, -0.2) is 73.6 Å². The zero-order valence-electron chi connectivity index (χ0n) is 18.9. The molecule has 2 fully saturated rings. The van der Waals surface area contributed by atoms with E-state index in [-0.39, 0.29) is 29.9 Å². The SMILES string of the molecule is COC(=O)[C@@H]1C[C@H](NC(=O)C(c2ccccc2)c2ccccc2)CN1C1CCN(C)CC1. The number of methoxy groups -OCH3 is 1. The van der Waals surface area contributed by atoms with Gasteiger partial charge in [0.15, 0.2) is 0 Å². The molecule has 2 saturated heterocycles. The molecule has 6 heteroatoms. The van der Waals surface area contributed by atoms with Crippen LogP contribution in [0.15, 0.2) is 60.7 Å². The van der Waals surface area contributed by atoms with Crippen LogP contribution in [0.5, 0.6) is 0 Å². The fraction of sp³-hybridized carbons (Fsp3) is 0.462. The number of esters is 1. The van der Waals surface area contributed by atoms with Gasteiger partial charge in [-0.15, -0.1) is 0 Å². The van der Waals surface area contributed by atoms with Gasteiger partial charge in [-0.3, -0.25) is 14.5 Å². The maximum atomic E-state index is 13.5. The van der Waals surface area contributed by atoms with Crippen molar-refractivity contribution in [2.75, 3.05) is 33.8 Å². The Bertz CT molecular complexity index is 858. The molecule has 32 heavy (non-hydrogen) atoms. The van der Waals surface area contributed by atoms with Crippen molar-refractivity contribution < 1.29 is 14.3 Å². The molecule has 2 aromatic rings. The third-order valence-electron chi connectivity index (χ3n) is 6.84. The van der Waals surface area contributed by atoms with Crippen molar-refractivity contribution in [2.45, 2.75) is 43.3 Å². The number of hydrogen-bond donors (Lipinski definition) is 1. The molecule has 0 aliphatic carbocycles. The first-order chi connectivity index (χ1) is 15.6. The molecule has 4 rings (SSSR count). The van der Waals surface area contributed by atoms with E-state index in [9.17, 15) is 9.59 Å². The van der Waals surface area contributed by atoms with Crippen molar-refractivity contribution in [3.63, 3.8) is 0 Å². The van der Waals surface area contributed by atoms with Gasteiger partial charge in [0, 0.05) is 18.6 Å². The van der Waals surface area contributed by atoms with Crippen molar-refractivity contribution in [3.8, 4) is 0 Å². The highest BCUT2D eigenvalue weighted by molar-refractivity contribution is 5.87. The molecule has 1 N–H and O–H groups in total. The monoisotopic (exact) mass is 435 g/mol.